The second kappa shape index (κ2) is 8.76. The lowest BCUT2D eigenvalue weighted by molar-refractivity contribution is 0.101. The van der Waals surface area contributed by atoms with E-state index >= 15 is 0 Å². The molecular weight excluding hydrogens is 414 g/mol. The van der Waals surface area contributed by atoms with E-state index in [4.69, 9.17) is 0 Å². The topological polar surface area (TPSA) is 99.8 Å². The number of H-pyrrole nitrogens is 1. The number of carbonyl (C=O) groups is 2. The molecule has 5 rings (SSSR count). The molecule has 5 aromatic rings. The third-order valence-electron chi connectivity index (χ3n) is 5.13. The van der Waals surface area contributed by atoms with Crippen LogP contribution in [0.1, 0.15) is 21.0 Å². The summed E-state index contributed by atoms with van der Waals surface area (Å²) in [6, 6.07) is 25.7. The molecule has 3 aromatic heterocycles. The van der Waals surface area contributed by atoms with Crippen molar-refractivity contribution in [3.63, 3.8) is 0 Å². The summed E-state index contributed by atoms with van der Waals surface area (Å²) in [6.45, 7) is 0. The van der Waals surface area contributed by atoms with E-state index in [0.29, 0.717) is 22.8 Å². The number of aromatic amines is 1. The zero-order valence-electron chi connectivity index (χ0n) is 17.4. The van der Waals surface area contributed by atoms with Gasteiger partial charge in [0.15, 0.2) is 0 Å². The Morgan fingerprint density at radius 3 is 1.88 bits per heavy atom. The van der Waals surface area contributed by atoms with Gasteiger partial charge in [-0.15, -0.1) is 0 Å². The Balaban J connectivity index is 1.31. The highest BCUT2D eigenvalue weighted by Crippen LogP contribution is 2.27. The molecule has 0 radical (unpaired) electrons. The van der Waals surface area contributed by atoms with Crippen molar-refractivity contribution in [2.75, 3.05) is 10.6 Å². The van der Waals surface area contributed by atoms with Crippen molar-refractivity contribution in [2.45, 2.75) is 0 Å². The van der Waals surface area contributed by atoms with E-state index in [1.165, 1.54) is 0 Å². The number of rotatable bonds is 5. The summed E-state index contributed by atoms with van der Waals surface area (Å²) in [5, 5.41) is 6.69. The molecule has 3 N–H and O–H groups in total. The number of anilines is 2. The fourth-order valence-corrected chi connectivity index (χ4v) is 3.48. The molecule has 0 saturated carbocycles. The number of hydrogen-bond donors (Lipinski definition) is 3. The predicted octanol–water partition coefficient (Wildman–Crippen LogP) is 5.13. The van der Waals surface area contributed by atoms with E-state index < -0.39 is 0 Å². The standard InChI is InChI=1S/C26H19N5O2/c32-25(22-5-1-3-13-27-22)29-19-9-7-17(8-10-19)24-16-18-15-20(11-12-21(18)31-24)30-26(33)23-6-2-4-14-28-23/h1-16,31H,(H,29,32)(H,30,33). The highest BCUT2D eigenvalue weighted by atomic mass is 16.2. The summed E-state index contributed by atoms with van der Waals surface area (Å²) in [4.78, 5) is 36.2. The molecule has 3 heterocycles. The first-order valence-corrected chi connectivity index (χ1v) is 10.3. The SMILES string of the molecule is O=C(Nc1ccc(-c2cc3cc(NC(=O)c4ccccn4)ccc3[nH]2)cc1)c1ccccn1. The number of nitrogens with one attached hydrogen (secondary N) is 3. The number of pyridine rings is 2. The van der Waals surface area contributed by atoms with Crippen molar-refractivity contribution in [3.05, 3.63) is 109 Å². The lowest BCUT2D eigenvalue weighted by Crippen LogP contribution is -2.13. The van der Waals surface area contributed by atoms with Crippen LogP contribution in [-0.2, 0) is 0 Å². The Hall–Kier alpha value is -4.78. The molecule has 0 unspecified atom stereocenters. The molecule has 0 fully saturated rings. The summed E-state index contributed by atoms with van der Waals surface area (Å²) in [5.41, 5.74) is 4.96. The van der Waals surface area contributed by atoms with Crippen LogP contribution in [-0.4, -0.2) is 26.8 Å². The van der Waals surface area contributed by atoms with Crippen molar-refractivity contribution in [1.82, 2.24) is 15.0 Å². The molecule has 160 valence electrons. The highest BCUT2D eigenvalue weighted by Gasteiger charge is 2.10. The minimum absolute atomic E-state index is 0.255. The van der Waals surface area contributed by atoms with Crippen LogP contribution < -0.4 is 10.6 Å². The second-order valence-electron chi connectivity index (χ2n) is 7.40. The maximum absolute atomic E-state index is 12.4. The summed E-state index contributed by atoms with van der Waals surface area (Å²) in [6.07, 6.45) is 3.18. The lowest BCUT2D eigenvalue weighted by Gasteiger charge is -2.05. The summed E-state index contributed by atoms with van der Waals surface area (Å²) < 4.78 is 0. The first-order valence-electron chi connectivity index (χ1n) is 10.3. The van der Waals surface area contributed by atoms with E-state index in [2.05, 4.69) is 25.6 Å². The third kappa shape index (κ3) is 4.47. The van der Waals surface area contributed by atoms with Gasteiger partial charge in [-0.3, -0.25) is 19.6 Å². The van der Waals surface area contributed by atoms with Crippen LogP contribution in [0.4, 0.5) is 11.4 Å². The first kappa shape index (κ1) is 20.1. The molecule has 0 aliphatic heterocycles. The number of aromatic nitrogens is 3. The van der Waals surface area contributed by atoms with Crippen LogP contribution in [0.25, 0.3) is 22.2 Å². The van der Waals surface area contributed by atoms with Crippen LogP contribution in [0.2, 0.25) is 0 Å². The van der Waals surface area contributed by atoms with Gasteiger partial charge in [-0.2, -0.15) is 0 Å². The fraction of sp³-hybridized carbons (Fsp3) is 0. The molecule has 0 atom stereocenters. The smallest absolute Gasteiger partial charge is 0.274 e. The lowest BCUT2D eigenvalue weighted by atomic mass is 10.1. The number of benzene rings is 2. The number of hydrogen-bond acceptors (Lipinski definition) is 4. The Labute approximate surface area is 189 Å². The van der Waals surface area contributed by atoms with Gasteiger partial charge in [-0.05, 0) is 66.2 Å². The fourth-order valence-electron chi connectivity index (χ4n) is 3.48. The van der Waals surface area contributed by atoms with Crippen molar-refractivity contribution >= 4 is 34.1 Å². The number of carbonyl (C=O) groups excluding carboxylic acids is 2. The van der Waals surface area contributed by atoms with Gasteiger partial charge >= 0.3 is 0 Å². The highest BCUT2D eigenvalue weighted by molar-refractivity contribution is 6.04. The van der Waals surface area contributed by atoms with Crippen LogP contribution >= 0.6 is 0 Å². The molecule has 7 nitrogen and oxygen atoms in total. The van der Waals surface area contributed by atoms with Crippen LogP contribution in [0, 0.1) is 0 Å². The van der Waals surface area contributed by atoms with Crippen molar-refractivity contribution < 1.29 is 9.59 Å². The average Bonchev–Trinajstić information content (AvgIpc) is 3.29. The Kier molecular flexibility index (Phi) is 5.35. The molecule has 0 bridgehead atoms. The van der Waals surface area contributed by atoms with Gasteiger partial charge in [-0.1, -0.05) is 24.3 Å². The normalized spacial score (nSPS) is 10.7. The average molecular weight is 433 g/mol. The van der Waals surface area contributed by atoms with Gasteiger partial charge in [0.2, 0.25) is 0 Å². The summed E-state index contributed by atoms with van der Waals surface area (Å²) in [7, 11) is 0. The van der Waals surface area contributed by atoms with E-state index in [9.17, 15) is 9.59 Å². The predicted molar refractivity (Wildman–Crippen MR) is 128 cm³/mol. The van der Waals surface area contributed by atoms with Gasteiger partial charge in [0.05, 0.1) is 0 Å². The van der Waals surface area contributed by atoms with Crippen LogP contribution in [0.5, 0.6) is 0 Å². The van der Waals surface area contributed by atoms with E-state index in [-0.39, 0.29) is 11.8 Å². The second-order valence-corrected chi connectivity index (χ2v) is 7.40. The van der Waals surface area contributed by atoms with Crippen molar-refractivity contribution in [3.8, 4) is 11.3 Å². The molecule has 0 saturated heterocycles. The molecule has 2 aromatic carbocycles. The van der Waals surface area contributed by atoms with Gasteiger partial charge in [0.25, 0.3) is 11.8 Å². The van der Waals surface area contributed by atoms with Gasteiger partial charge in [0.1, 0.15) is 11.4 Å². The minimum Gasteiger partial charge on any atom is -0.355 e. The quantitative estimate of drug-likeness (QED) is 0.358. The zero-order chi connectivity index (χ0) is 22.6. The maximum Gasteiger partial charge on any atom is 0.274 e. The van der Waals surface area contributed by atoms with Crippen molar-refractivity contribution in [1.29, 1.82) is 0 Å². The van der Waals surface area contributed by atoms with E-state index in [0.717, 1.165) is 22.2 Å². The molecule has 2 amide bonds. The van der Waals surface area contributed by atoms with Gasteiger partial charge in [0, 0.05) is 40.4 Å². The van der Waals surface area contributed by atoms with E-state index in [1.807, 2.05) is 48.5 Å². The summed E-state index contributed by atoms with van der Waals surface area (Å²) in [5.74, 6) is -0.511. The van der Waals surface area contributed by atoms with Crippen LogP contribution in [0.3, 0.4) is 0 Å². The molecule has 0 aliphatic carbocycles. The third-order valence-corrected chi connectivity index (χ3v) is 5.13. The Morgan fingerprint density at radius 2 is 1.27 bits per heavy atom. The summed E-state index contributed by atoms with van der Waals surface area (Å²) >= 11 is 0. The Bertz CT molecular complexity index is 1430. The minimum atomic E-state index is -0.256. The molecule has 0 spiro atoms. The first-order chi connectivity index (χ1) is 16.2. The van der Waals surface area contributed by atoms with Gasteiger partial charge < -0.3 is 15.6 Å². The van der Waals surface area contributed by atoms with Crippen LogP contribution in [0.15, 0.2) is 97.3 Å². The molecule has 7 heteroatoms. The monoisotopic (exact) mass is 433 g/mol. The number of nitrogens with zero attached hydrogens (tertiary/aromatic N) is 2. The largest absolute Gasteiger partial charge is 0.355 e. The maximum atomic E-state index is 12.4. The van der Waals surface area contributed by atoms with Gasteiger partial charge in [-0.25, -0.2) is 0 Å². The number of amides is 2. The van der Waals surface area contributed by atoms with Crippen molar-refractivity contribution in [2.24, 2.45) is 0 Å². The molecule has 33 heavy (non-hydrogen) atoms. The Morgan fingerprint density at radius 1 is 0.667 bits per heavy atom. The molecular formula is C26H19N5O2. The van der Waals surface area contributed by atoms with E-state index in [1.54, 1.807) is 48.8 Å². The molecule has 0 aliphatic rings. The zero-order valence-corrected chi connectivity index (χ0v) is 17.4. The number of fused-ring (bicyclic) bond motifs is 1.